The molecule has 0 atom stereocenters. The molecule has 2 nitrogen and oxygen atoms in total. The van der Waals surface area contributed by atoms with Crippen molar-refractivity contribution in [3.05, 3.63) is 34.9 Å². The molecule has 0 N–H and O–H groups in total. The molecule has 60 valence electrons. The van der Waals surface area contributed by atoms with E-state index in [-0.39, 0.29) is 5.91 Å². The summed E-state index contributed by atoms with van der Waals surface area (Å²) in [6, 6.07) is 5.98. The highest BCUT2D eigenvalue weighted by molar-refractivity contribution is 6.19. The fraction of sp³-hybridized carbons (Fsp3) is 0.222. The molecule has 1 heterocycles. The van der Waals surface area contributed by atoms with Gasteiger partial charge < -0.3 is 4.81 Å². The van der Waals surface area contributed by atoms with Gasteiger partial charge in [-0.3, -0.25) is 4.79 Å². The summed E-state index contributed by atoms with van der Waals surface area (Å²) in [5.41, 5.74) is 3.24. The molecule has 0 fully saturated rings. The van der Waals surface area contributed by atoms with Crippen LogP contribution in [0.5, 0.6) is 0 Å². The van der Waals surface area contributed by atoms with Gasteiger partial charge in [-0.15, -0.1) is 0 Å². The summed E-state index contributed by atoms with van der Waals surface area (Å²) in [4.78, 5) is 13.2. The van der Waals surface area contributed by atoms with Crippen molar-refractivity contribution in [2.75, 3.05) is 0 Å². The molecule has 12 heavy (non-hydrogen) atoms. The average Bonchev–Trinajstić information content (AvgIpc) is 2.28. The van der Waals surface area contributed by atoms with Gasteiger partial charge in [-0.1, -0.05) is 17.7 Å². The Balaban J connectivity index is 2.54. The number of fused-ring (bicyclic) bond motifs is 1. The average molecular weight is 159 g/mol. The van der Waals surface area contributed by atoms with E-state index in [4.69, 9.17) is 0 Å². The third-order valence-electron chi connectivity index (χ3n) is 2.25. The van der Waals surface area contributed by atoms with Gasteiger partial charge >= 0.3 is 0 Å². The smallest absolute Gasteiger partial charge is 0.241 e. The number of hydrogen-bond acceptors (Lipinski definition) is 1. The minimum atomic E-state index is 0.144. The van der Waals surface area contributed by atoms with Gasteiger partial charge in [0.2, 0.25) is 13.9 Å². The molecule has 1 aliphatic heterocycles. The van der Waals surface area contributed by atoms with Crippen LogP contribution in [0.4, 0.5) is 0 Å². The highest BCUT2D eigenvalue weighted by Gasteiger charge is 2.22. The van der Waals surface area contributed by atoms with Gasteiger partial charge in [-0.2, -0.15) is 0 Å². The van der Waals surface area contributed by atoms with Crippen LogP contribution in [-0.4, -0.2) is 18.7 Å². The van der Waals surface area contributed by atoms with E-state index in [0.29, 0.717) is 0 Å². The van der Waals surface area contributed by atoms with Crippen molar-refractivity contribution in [1.29, 1.82) is 0 Å². The first kappa shape index (κ1) is 7.41. The molecule has 0 aromatic heterocycles. The lowest BCUT2D eigenvalue weighted by Crippen LogP contribution is -2.19. The topological polar surface area (TPSA) is 20.3 Å². The second-order valence-electron chi connectivity index (χ2n) is 3.32. The van der Waals surface area contributed by atoms with Gasteiger partial charge in [0.25, 0.3) is 0 Å². The number of amides is 1. The monoisotopic (exact) mass is 159 g/mol. The lowest BCUT2D eigenvalue weighted by atomic mass is 10.1. The second kappa shape index (κ2) is 2.37. The van der Waals surface area contributed by atoms with Crippen LogP contribution in [0.2, 0.25) is 0 Å². The lowest BCUT2D eigenvalue weighted by molar-refractivity contribution is 0.0880. The standard InChI is InChI=1S/C9H10BNO/c1-6-2-3-8-7(4-6)5-11(10)9(8)12/h2-4H,5,10H2,1H3. The molecule has 0 spiro atoms. The molecule has 1 amide bonds. The van der Waals surface area contributed by atoms with Crippen LogP contribution in [-0.2, 0) is 6.54 Å². The van der Waals surface area contributed by atoms with Crippen LogP contribution in [0.1, 0.15) is 21.5 Å². The third kappa shape index (κ3) is 0.933. The Labute approximate surface area is 72.6 Å². The van der Waals surface area contributed by atoms with Crippen molar-refractivity contribution < 1.29 is 4.79 Å². The van der Waals surface area contributed by atoms with Crippen molar-refractivity contribution in [1.82, 2.24) is 4.81 Å². The first-order valence-electron chi connectivity index (χ1n) is 4.03. The highest BCUT2D eigenvalue weighted by atomic mass is 16.2. The molecular weight excluding hydrogens is 149 g/mol. The van der Waals surface area contributed by atoms with Gasteiger partial charge in [-0.05, 0) is 18.6 Å². The minimum absolute atomic E-state index is 0.144. The van der Waals surface area contributed by atoms with E-state index >= 15 is 0 Å². The molecule has 0 bridgehead atoms. The van der Waals surface area contributed by atoms with Gasteiger partial charge in [0.1, 0.15) is 0 Å². The van der Waals surface area contributed by atoms with Crippen LogP contribution in [0, 0.1) is 6.92 Å². The number of nitrogens with zero attached hydrogens (tertiary/aromatic N) is 1. The normalized spacial score (nSPS) is 15.1. The van der Waals surface area contributed by atoms with Crippen LogP contribution >= 0.6 is 0 Å². The predicted molar refractivity (Wildman–Crippen MR) is 49.6 cm³/mol. The van der Waals surface area contributed by atoms with E-state index in [9.17, 15) is 4.79 Å². The number of rotatable bonds is 0. The van der Waals surface area contributed by atoms with Crippen LogP contribution in [0.3, 0.4) is 0 Å². The fourth-order valence-electron chi connectivity index (χ4n) is 1.59. The fourth-order valence-corrected chi connectivity index (χ4v) is 1.59. The Morgan fingerprint density at radius 2 is 2.25 bits per heavy atom. The van der Waals surface area contributed by atoms with Crippen LogP contribution < -0.4 is 0 Å². The van der Waals surface area contributed by atoms with E-state index in [2.05, 4.69) is 6.07 Å². The Bertz CT molecular complexity index is 348. The number of carbonyl (C=O) groups is 1. The highest BCUT2D eigenvalue weighted by Crippen LogP contribution is 2.21. The number of hydrogen-bond donors (Lipinski definition) is 0. The number of carbonyl (C=O) groups excluding carboxylic acids is 1. The predicted octanol–water partition coefficient (Wildman–Crippen LogP) is 0.499. The Kier molecular flexibility index (Phi) is 1.46. The first-order valence-corrected chi connectivity index (χ1v) is 4.03. The van der Waals surface area contributed by atoms with E-state index in [0.717, 1.165) is 17.7 Å². The molecule has 2 rings (SSSR count). The number of aryl methyl sites for hydroxylation is 1. The molecule has 0 aliphatic carbocycles. The summed E-state index contributed by atoms with van der Waals surface area (Å²) < 4.78 is 0. The van der Waals surface area contributed by atoms with Gasteiger partial charge in [-0.25, -0.2) is 0 Å². The van der Waals surface area contributed by atoms with Gasteiger partial charge in [0.05, 0.1) is 0 Å². The zero-order valence-corrected chi connectivity index (χ0v) is 7.29. The molecule has 3 heteroatoms. The Hall–Kier alpha value is -1.25. The summed E-state index contributed by atoms with van der Waals surface area (Å²) in [6.45, 7) is 2.80. The van der Waals surface area contributed by atoms with Crippen LogP contribution in [0.15, 0.2) is 18.2 Å². The van der Waals surface area contributed by atoms with Crippen molar-refractivity contribution in [2.45, 2.75) is 13.5 Å². The molecule has 0 saturated carbocycles. The summed E-state index contributed by atoms with van der Waals surface area (Å²) in [5.74, 6) is 0.144. The van der Waals surface area contributed by atoms with Crippen molar-refractivity contribution >= 4 is 13.9 Å². The van der Waals surface area contributed by atoms with Gasteiger partial charge in [0.15, 0.2) is 0 Å². The molecule has 1 aromatic carbocycles. The van der Waals surface area contributed by atoms with E-state index in [1.807, 2.05) is 27.0 Å². The summed E-state index contributed by atoms with van der Waals surface area (Å²) in [5, 5.41) is 0. The SMILES string of the molecule is BN1Cc2cc(C)ccc2C1=O. The molecular formula is C9H10BNO. The maximum absolute atomic E-state index is 11.4. The van der Waals surface area contributed by atoms with E-state index in [1.54, 1.807) is 4.81 Å². The van der Waals surface area contributed by atoms with Crippen LogP contribution in [0.25, 0.3) is 0 Å². The van der Waals surface area contributed by atoms with Gasteiger partial charge in [0, 0.05) is 12.1 Å². The second-order valence-corrected chi connectivity index (χ2v) is 3.32. The molecule has 0 radical (unpaired) electrons. The largest absolute Gasteiger partial charge is 0.386 e. The first-order chi connectivity index (χ1) is 5.68. The van der Waals surface area contributed by atoms with E-state index in [1.165, 1.54) is 5.56 Å². The quantitative estimate of drug-likeness (QED) is 0.504. The summed E-state index contributed by atoms with van der Waals surface area (Å²) in [6.07, 6.45) is 0. The summed E-state index contributed by atoms with van der Waals surface area (Å²) >= 11 is 0. The van der Waals surface area contributed by atoms with Crippen molar-refractivity contribution in [3.8, 4) is 0 Å². The zero-order chi connectivity index (χ0) is 8.72. The molecule has 1 aromatic rings. The van der Waals surface area contributed by atoms with Crippen molar-refractivity contribution in [3.63, 3.8) is 0 Å². The summed E-state index contributed by atoms with van der Waals surface area (Å²) in [7, 11) is 1.83. The molecule has 1 aliphatic rings. The lowest BCUT2D eigenvalue weighted by Gasteiger charge is -2.05. The van der Waals surface area contributed by atoms with E-state index < -0.39 is 0 Å². The Morgan fingerprint density at radius 1 is 1.50 bits per heavy atom. The van der Waals surface area contributed by atoms with Crippen molar-refractivity contribution in [2.24, 2.45) is 0 Å². The maximum Gasteiger partial charge on any atom is 0.241 e. The zero-order valence-electron chi connectivity index (χ0n) is 7.29. The third-order valence-corrected chi connectivity index (χ3v) is 2.25. The Morgan fingerprint density at radius 3 is 3.00 bits per heavy atom. The molecule has 0 saturated heterocycles. The maximum atomic E-state index is 11.4. The number of benzene rings is 1. The minimum Gasteiger partial charge on any atom is -0.386 e. The molecule has 0 unspecified atom stereocenters.